The molecule has 1 fully saturated rings. The van der Waals surface area contributed by atoms with Gasteiger partial charge < -0.3 is 4.74 Å². The van der Waals surface area contributed by atoms with Crippen molar-refractivity contribution in [2.24, 2.45) is 17.8 Å². The van der Waals surface area contributed by atoms with Crippen molar-refractivity contribution >= 4 is 28.3 Å². The first kappa shape index (κ1) is 16.0. The van der Waals surface area contributed by atoms with Crippen LogP contribution in [-0.4, -0.2) is 23.5 Å². The maximum Gasteiger partial charge on any atom is 0.310 e. The second kappa shape index (κ2) is 6.80. The number of ether oxygens (including phenoxy) is 1. The number of hydrogen-bond acceptors (Lipinski definition) is 5. The highest BCUT2D eigenvalue weighted by Crippen LogP contribution is 2.43. The van der Waals surface area contributed by atoms with Crippen LogP contribution in [0.4, 0.5) is 5.13 Å². The Morgan fingerprint density at radius 1 is 1.20 bits per heavy atom. The molecule has 2 aliphatic carbocycles. The van der Waals surface area contributed by atoms with Crippen molar-refractivity contribution in [1.82, 2.24) is 4.98 Å². The molecule has 1 amide bonds. The summed E-state index contributed by atoms with van der Waals surface area (Å²) in [5.41, 5.74) is 1.81. The monoisotopic (exact) mass is 354 g/mol. The molecule has 0 spiro atoms. The molecule has 0 saturated heterocycles. The minimum absolute atomic E-state index is 0.0904. The van der Waals surface area contributed by atoms with Crippen LogP contribution in [-0.2, 0) is 14.3 Å². The lowest BCUT2D eigenvalue weighted by atomic mass is 9.94. The van der Waals surface area contributed by atoms with Crippen molar-refractivity contribution in [1.29, 1.82) is 0 Å². The number of amides is 1. The number of nitrogens with zero attached hydrogens (tertiary/aromatic N) is 1. The molecule has 1 saturated carbocycles. The van der Waals surface area contributed by atoms with Crippen molar-refractivity contribution < 1.29 is 14.3 Å². The molecule has 2 aromatic rings. The van der Waals surface area contributed by atoms with E-state index in [2.05, 4.69) is 22.5 Å². The third-order valence-corrected chi connectivity index (χ3v) is 5.50. The molecule has 2 bridgehead atoms. The Bertz CT molecular complexity index is 815. The van der Waals surface area contributed by atoms with E-state index in [9.17, 15) is 9.59 Å². The van der Waals surface area contributed by atoms with Crippen LogP contribution in [0.1, 0.15) is 12.8 Å². The number of nitrogens with one attached hydrogen (secondary N) is 1. The van der Waals surface area contributed by atoms with Crippen LogP contribution >= 0.6 is 11.3 Å². The third-order valence-electron chi connectivity index (χ3n) is 4.75. The van der Waals surface area contributed by atoms with E-state index in [1.54, 1.807) is 0 Å². The number of allylic oxidation sites excluding steroid dienone is 2. The van der Waals surface area contributed by atoms with Crippen molar-refractivity contribution in [3.05, 3.63) is 47.9 Å². The molecule has 4 rings (SSSR count). The van der Waals surface area contributed by atoms with E-state index < -0.39 is 0 Å². The Morgan fingerprint density at radius 3 is 2.76 bits per heavy atom. The molecule has 3 atom stereocenters. The summed E-state index contributed by atoms with van der Waals surface area (Å²) in [6.07, 6.45) is 6.15. The lowest BCUT2D eigenvalue weighted by Crippen LogP contribution is -2.26. The Balaban J connectivity index is 1.29. The highest BCUT2D eigenvalue weighted by atomic mass is 32.1. The Hall–Kier alpha value is -2.47. The molecular formula is C19H18N2O3S. The van der Waals surface area contributed by atoms with E-state index in [1.807, 2.05) is 35.7 Å². The van der Waals surface area contributed by atoms with Crippen molar-refractivity contribution in [3.8, 4) is 11.3 Å². The summed E-state index contributed by atoms with van der Waals surface area (Å²) in [4.78, 5) is 28.5. The number of esters is 1. The Kier molecular flexibility index (Phi) is 4.36. The van der Waals surface area contributed by atoms with Crippen LogP contribution in [0.15, 0.2) is 47.9 Å². The summed E-state index contributed by atoms with van der Waals surface area (Å²) in [7, 11) is 0. The molecule has 2 aliphatic rings. The number of aromatic nitrogens is 1. The molecule has 1 aromatic heterocycles. The second-order valence-corrected chi connectivity index (χ2v) is 7.30. The number of carbonyl (C=O) groups is 2. The van der Waals surface area contributed by atoms with Crippen LogP contribution in [0.2, 0.25) is 0 Å². The fraction of sp³-hybridized carbons (Fsp3) is 0.316. The minimum atomic E-state index is -0.360. The van der Waals surface area contributed by atoms with Crippen LogP contribution < -0.4 is 5.32 Å². The largest absolute Gasteiger partial charge is 0.455 e. The summed E-state index contributed by atoms with van der Waals surface area (Å²) in [5, 5.41) is 5.08. The molecular weight excluding hydrogens is 336 g/mol. The molecule has 0 unspecified atom stereocenters. The standard InChI is InChI=1S/C19H18N2O3S/c22-17(10-24-18(23)15-9-12-6-7-14(15)8-12)21-19-20-16(11-25-19)13-4-2-1-3-5-13/h1-7,11-12,14-15H,8-10H2,(H,20,21,22)/t12-,14-,15-/m0/s1. The predicted molar refractivity (Wildman–Crippen MR) is 96.0 cm³/mol. The second-order valence-electron chi connectivity index (χ2n) is 6.45. The molecule has 0 aliphatic heterocycles. The van der Waals surface area contributed by atoms with Crippen LogP contribution in [0, 0.1) is 17.8 Å². The van der Waals surface area contributed by atoms with Gasteiger partial charge in [-0.1, -0.05) is 42.5 Å². The fourth-order valence-electron chi connectivity index (χ4n) is 3.52. The van der Waals surface area contributed by atoms with E-state index >= 15 is 0 Å². The molecule has 1 N–H and O–H groups in total. The number of hydrogen-bond donors (Lipinski definition) is 1. The van der Waals surface area contributed by atoms with Gasteiger partial charge in [-0.05, 0) is 24.7 Å². The summed E-state index contributed by atoms with van der Waals surface area (Å²) >= 11 is 1.35. The van der Waals surface area contributed by atoms with Gasteiger partial charge in [0.2, 0.25) is 0 Å². The van der Waals surface area contributed by atoms with Crippen molar-refractivity contribution in [3.63, 3.8) is 0 Å². The van der Waals surface area contributed by atoms with Gasteiger partial charge in [-0.2, -0.15) is 0 Å². The minimum Gasteiger partial charge on any atom is -0.455 e. The van der Waals surface area contributed by atoms with Gasteiger partial charge in [-0.3, -0.25) is 14.9 Å². The van der Waals surface area contributed by atoms with Crippen molar-refractivity contribution in [2.45, 2.75) is 12.8 Å². The number of benzene rings is 1. The quantitative estimate of drug-likeness (QED) is 0.659. The lowest BCUT2D eigenvalue weighted by Gasteiger charge is -2.16. The number of carbonyl (C=O) groups excluding carboxylic acids is 2. The first-order valence-electron chi connectivity index (χ1n) is 8.35. The summed E-state index contributed by atoms with van der Waals surface area (Å²) in [6, 6.07) is 9.76. The SMILES string of the molecule is O=C(COC(=O)[C@H]1C[C@H]2C=C[C@H]1C2)Nc1nc(-c2ccccc2)cs1. The van der Waals surface area contributed by atoms with E-state index in [4.69, 9.17) is 4.74 Å². The number of anilines is 1. The Morgan fingerprint density at radius 2 is 2.04 bits per heavy atom. The predicted octanol–water partition coefficient (Wildman–Crippen LogP) is 3.50. The van der Waals surface area contributed by atoms with Gasteiger partial charge >= 0.3 is 5.97 Å². The lowest BCUT2D eigenvalue weighted by molar-refractivity contribution is -0.152. The zero-order chi connectivity index (χ0) is 17.2. The highest BCUT2D eigenvalue weighted by Gasteiger charge is 2.40. The van der Waals surface area contributed by atoms with Crippen molar-refractivity contribution in [2.75, 3.05) is 11.9 Å². The number of fused-ring (bicyclic) bond motifs is 2. The van der Waals surface area contributed by atoms with E-state index in [-0.39, 0.29) is 30.3 Å². The molecule has 128 valence electrons. The molecule has 6 heteroatoms. The van der Waals surface area contributed by atoms with E-state index in [0.717, 1.165) is 24.1 Å². The smallest absolute Gasteiger partial charge is 0.310 e. The van der Waals surface area contributed by atoms with E-state index in [0.29, 0.717) is 11.0 Å². The summed E-state index contributed by atoms with van der Waals surface area (Å²) in [6.45, 7) is -0.267. The number of thiazole rings is 1. The van der Waals surface area contributed by atoms with Gasteiger partial charge in [0, 0.05) is 10.9 Å². The van der Waals surface area contributed by atoms with Gasteiger partial charge in [0.15, 0.2) is 11.7 Å². The number of rotatable bonds is 5. The van der Waals surface area contributed by atoms with Gasteiger partial charge in [0.25, 0.3) is 5.91 Å². The topological polar surface area (TPSA) is 68.3 Å². The van der Waals surface area contributed by atoms with Gasteiger partial charge in [0.05, 0.1) is 11.6 Å². The summed E-state index contributed by atoms with van der Waals surface area (Å²) in [5.74, 6) is 0.0699. The highest BCUT2D eigenvalue weighted by molar-refractivity contribution is 7.14. The summed E-state index contributed by atoms with van der Waals surface area (Å²) < 4.78 is 5.20. The molecule has 25 heavy (non-hydrogen) atoms. The molecule has 0 radical (unpaired) electrons. The maximum atomic E-state index is 12.1. The molecule has 5 nitrogen and oxygen atoms in total. The normalized spacial score (nSPS) is 23.6. The first-order chi connectivity index (χ1) is 12.2. The van der Waals surface area contributed by atoms with Gasteiger partial charge in [-0.25, -0.2) is 4.98 Å². The molecule has 1 aromatic carbocycles. The van der Waals surface area contributed by atoms with Crippen LogP contribution in [0.3, 0.4) is 0 Å². The zero-order valence-electron chi connectivity index (χ0n) is 13.6. The first-order valence-corrected chi connectivity index (χ1v) is 9.23. The maximum absolute atomic E-state index is 12.1. The van der Waals surface area contributed by atoms with Crippen LogP contribution in [0.25, 0.3) is 11.3 Å². The van der Waals surface area contributed by atoms with Gasteiger partial charge in [0.1, 0.15) is 0 Å². The molecule has 1 heterocycles. The Labute approximate surface area is 149 Å². The third kappa shape index (κ3) is 3.49. The average Bonchev–Trinajstić information content (AvgIpc) is 3.37. The van der Waals surface area contributed by atoms with Gasteiger partial charge in [-0.15, -0.1) is 11.3 Å². The fourth-order valence-corrected chi connectivity index (χ4v) is 4.26. The zero-order valence-corrected chi connectivity index (χ0v) is 14.4. The van der Waals surface area contributed by atoms with Crippen LogP contribution in [0.5, 0.6) is 0 Å². The average molecular weight is 354 g/mol. The van der Waals surface area contributed by atoms with E-state index in [1.165, 1.54) is 11.3 Å².